The van der Waals surface area contributed by atoms with Crippen LogP contribution in [0.4, 0.5) is 17.1 Å². The Hall–Kier alpha value is -5.39. The Bertz CT molecular complexity index is 1900. The molecule has 2 amide bonds. The highest BCUT2D eigenvalue weighted by Crippen LogP contribution is 2.31. The molecule has 41 heavy (non-hydrogen) atoms. The van der Waals surface area contributed by atoms with Crippen LogP contribution in [-0.4, -0.2) is 29.7 Å². The Balaban J connectivity index is 1.29. The number of carbonyl (C=O) groups is 2. The zero-order valence-corrected chi connectivity index (χ0v) is 22.0. The molecule has 0 heterocycles. The number of benzene rings is 5. The van der Waals surface area contributed by atoms with Gasteiger partial charge in [0, 0.05) is 34.3 Å². The van der Waals surface area contributed by atoms with Gasteiger partial charge in [0.05, 0.1) is 10.6 Å². The van der Waals surface area contributed by atoms with Crippen molar-refractivity contribution in [3.05, 3.63) is 130 Å². The molecule has 0 atom stereocenters. The van der Waals surface area contributed by atoms with Gasteiger partial charge < -0.3 is 10.6 Å². The lowest BCUT2D eigenvalue weighted by molar-refractivity contribution is -0.384. The maximum atomic E-state index is 13.0. The number of amides is 2. The number of nitrogens with one attached hydrogen (secondary N) is 2. The van der Waals surface area contributed by atoms with Crippen LogP contribution in [0.1, 0.15) is 20.7 Å². The van der Waals surface area contributed by atoms with E-state index >= 15 is 0 Å². The van der Waals surface area contributed by atoms with Gasteiger partial charge in [0.25, 0.3) is 27.6 Å². The van der Waals surface area contributed by atoms with Gasteiger partial charge in [-0.1, -0.05) is 48.5 Å². The number of non-ortho nitro benzene ring substituents is 1. The van der Waals surface area contributed by atoms with Gasteiger partial charge in [-0.25, -0.2) is 0 Å². The number of hydrogen-bond acceptors (Lipinski definition) is 6. The van der Waals surface area contributed by atoms with Crippen molar-refractivity contribution in [2.75, 3.05) is 10.6 Å². The summed E-state index contributed by atoms with van der Waals surface area (Å²) >= 11 is 0. The first-order valence-corrected chi connectivity index (χ1v) is 13.6. The first-order chi connectivity index (χ1) is 19.6. The number of carbonyl (C=O) groups excluding carboxylic acids is 2. The van der Waals surface area contributed by atoms with E-state index in [1.807, 2.05) is 0 Å². The Morgan fingerprint density at radius 3 is 1.76 bits per heavy atom. The van der Waals surface area contributed by atoms with Crippen molar-refractivity contribution in [1.29, 1.82) is 0 Å². The van der Waals surface area contributed by atoms with Gasteiger partial charge >= 0.3 is 0 Å². The summed E-state index contributed by atoms with van der Waals surface area (Å²) in [7, 11) is -4.51. The maximum absolute atomic E-state index is 13.0. The first kappa shape index (κ1) is 27.2. The van der Waals surface area contributed by atoms with Gasteiger partial charge in [-0.05, 0) is 65.0 Å². The predicted molar refractivity (Wildman–Crippen MR) is 155 cm³/mol. The molecular formula is C30H21N3O7S. The number of anilines is 2. The number of nitro groups is 1. The molecule has 0 saturated heterocycles. The van der Waals surface area contributed by atoms with E-state index in [-0.39, 0.29) is 27.2 Å². The van der Waals surface area contributed by atoms with Crippen molar-refractivity contribution in [1.82, 2.24) is 0 Å². The van der Waals surface area contributed by atoms with Gasteiger partial charge in [-0.3, -0.25) is 24.3 Å². The molecule has 11 heteroatoms. The topological polar surface area (TPSA) is 156 Å². The SMILES string of the molecule is O=C(Nc1ccc(-c2ccc(C(=O)Nc3cccc4cccc(S(=O)(=O)O)c34)cc2)cc1)c1ccc([N+](=O)[O-])cc1. The van der Waals surface area contributed by atoms with E-state index in [4.69, 9.17) is 0 Å². The van der Waals surface area contributed by atoms with Crippen LogP contribution < -0.4 is 10.6 Å². The highest BCUT2D eigenvalue weighted by atomic mass is 32.2. The highest BCUT2D eigenvalue weighted by molar-refractivity contribution is 7.86. The average Bonchev–Trinajstić information content (AvgIpc) is 2.97. The standard InChI is InChI=1S/C30H21N3O7S/c34-29(23-13-17-25(18-14-23)33(36)37)31-24-15-11-20(12-16-24)19-7-9-22(10-8-19)30(35)32-26-5-1-3-21-4-2-6-27(28(21)26)41(38,39)40/h1-18H,(H,31,34)(H,32,35)(H,38,39,40). The normalized spacial score (nSPS) is 11.1. The summed E-state index contributed by atoms with van der Waals surface area (Å²) < 4.78 is 33.5. The van der Waals surface area contributed by atoms with Crippen LogP contribution in [0.2, 0.25) is 0 Å². The lowest BCUT2D eigenvalue weighted by Crippen LogP contribution is -2.13. The fraction of sp³-hybridized carbons (Fsp3) is 0. The van der Waals surface area contributed by atoms with Crippen LogP contribution in [0, 0.1) is 10.1 Å². The minimum absolute atomic E-state index is 0.103. The average molecular weight is 568 g/mol. The molecule has 10 nitrogen and oxygen atoms in total. The van der Waals surface area contributed by atoms with Crippen LogP contribution >= 0.6 is 0 Å². The maximum Gasteiger partial charge on any atom is 0.295 e. The summed E-state index contributed by atoms with van der Waals surface area (Å²) in [6.07, 6.45) is 0. The van der Waals surface area contributed by atoms with E-state index in [2.05, 4.69) is 10.6 Å². The predicted octanol–water partition coefficient (Wildman–Crippen LogP) is 6.17. The number of nitrogens with zero attached hydrogens (tertiary/aromatic N) is 1. The Labute approximate surface area is 234 Å². The Kier molecular flexibility index (Phi) is 7.30. The molecule has 0 bridgehead atoms. The molecule has 0 aliphatic carbocycles. The molecule has 0 fully saturated rings. The third kappa shape index (κ3) is 5.96. The lowest BCUT2D eigenvalue weighted by Gasteiger charge is -2.12. The smallest absolute Gasteiger partial charge is 0.295 e. The molecular weight excluding hydrogens is 546 g/mol. The van der Waals surface area contributed by atoms with Crippen LogP contribution in [-0.2, 0) is 10.1 Å². The van der Waals surface area contributed by atoms with Gasteiger partial charge in [0.15, 0.2) is 0 Å². The van der Waals surface area contributed by atoms with Crippen molar-refractivity contribution < 1.29 is 27.5 Å². The van der Waals surface area contributed by atoms with Crippen molar-refractivity contribution in [3.8, 4) is 11.1 Å². The second kappa shape index (κ2) is 11.0. The van der Waals surface area contributed by atoms with Crippen molar-refractivity contribution in [3.63, 3.8) is 0 Å². The number of nitro benzene ring substituents is 1. The largest absolute Gasteiger partial charge is 0.322 e. The summed E-state index contributed by atoms with van der Waals surface area (Å²) in [6.45, 7) is 0. The number of fused-ring (bicyclic) bond motifs is 1. The third-order valence-corrected chi connectivity index (χ3v) is 7.25. The second-order valence-corrected chi connectivity index (χ2v) is 10.4. The fourth-order valence-corrected chi connectivity index (χ4v) is 5.05. The highest BCUT2D eigenvalue weighted by Gasteiger charge is 2.18. The molecule has 0 aliphatic heterocycles. The van der Waals surface area contributed by atoms with E-state index in [0.29, 0.717) is 16.6 Å². The quantitative estimate of drug-likeness (QED) is 0.121. The lowest BCUT2D eigenvalue weighted by atomic mass is 10.0. The number of rotatable bonds is 7. The van der Waals surface area contributed by atoms with E-state index in [9.17, 15) is 32.7 Å². The molecule has 0 aromatic heterocycles. The molecule has 204 valence electrons. The molecule has 0 aliphatic rings. The summed E-state index contributed by atoms with van der Waals surface area (Å²) in [5, 5.41) is 17.0. The molecule has 0 radical (unpaired) electrons. The van der Waals surface area contributed by atoms with Crippen LogP contribution in [0.5, 0.6) is 0 Å². The van der Waals surface area contributed by atoms with Gasteiger partial charge in [0.1, 0.15) is 4.90 Å². The van der Waals surface area contributed by atoms with Crippen molar-refractivity contribution >= 4 is 49.8 Å². The Morgan fingerprint density at radius 2 is 1.20 bits per heavy atom. The van der Waals surface area contributed by atoms with Gasteiger partial charge in [-0.15, -0.1) is 0 Å². The summed E-state index contributed by atoms with van der Waals surface area (Å²) in [5.41, 5.74) is 2.94. The zero-order chi connectivity index (χ0) is 29.1. The summed E-state index contributed by atoms with van der Waals surface area (Å²) in [5.74, 6) is -0.864. The molecule has 0 saturated carbocycles. The van der Waals surface area contributed by atoms with Crippen LogP contribution in [0.25, 0.3) is 21.9 Å². The molecule has 0 spiro atoms. The van der Waals surface area contributed by atoms with Crippen LogP contribution in [0.15, 0.2) is 114 Å². The third-order valence-electron chi connectivity index (χ3n) is 6.36. The van der Waals surface area contributed by atoms with E-state index in [0.717, 1.165) is 11.1 Å². The van der Waals surface area contributed by atoms with Gasteiger partial charge in [-0.2, -0.15) is 8.42 Å². The molecule has 3 N–H and O–H groups in total. The summed E-state index contributed by atoms with van der Waals surface area (Å²) in [4.78, 5) is 35.4. The molecule has 5 aromatic rings. The number of hydrogen-bond donors (Lipinski definition) is 3. The van der Waals surface area contributed by atoms with Crippen LogP contribution in [0.3, 0.4) is 0 Å². The van der Waals surface area contributed by atoms with Crippen molar-refractivity contribution in [2.24, 2.45) is 0 Å². The zero-order valence-electron chi connectivity index (χ0n) is 21.1. The Morgan fingerprint density at radius 1 is 0.683 bits per heavy atom. The monoisotopic (exact) mass is 567 g/mol. The molecule has 5 rings (SSSR count). The molecule has 5 aromatic carbocycles. The molecule has 0 unspecified atom stereocenters. The van der Waals surface area contributed by atoms with E-state index in [1.54, 1.807) is 72.8 Å². The van der Waals surface area contributed by atoms with Gasteiger partial charge in [0.2, 0.25) is 0 Å². The first-order valence-electron chi connectivity index (χ1n) is 12.2. The minimum Gasteiger partial charge on any atom is -0.322 e. The van der Waals surface area contributed by atoms with Crippen molar-refractivity contribution in [2.45, 2.75) is 4.90 Å². The minimum atomic E-state index is -4.51. The summed E-state index contributed by atoms with van der Waals surface area (Å²) in [6, 6.07) is 28.5. The fourth-order valence-electron chi connectivity index (χ4n) is 4.32. The van der Waals surface area contributed by atoms with E-state index in [1.165, 1.54) is 36.4 Å². The van der Waals surface area contributed by atoms with E-state index < -0.39 is 26.9 Å². The second-order valence-electron chi connectivity index (χ2n) is 9.00.